The van der Waals surface area contributed by atoms with Crippen LogP contribution in [-0.2, 0) is 4.79 Å². The van der Waals surface area contributed by atoms with E-state index in [4.69, 9.17) is 17.3 Å². The fourth-order valence-electron chi connectivity index (χ4n) is 1.11. The van der Waals surface area contributed by atoms with Crippen molar-refractivity contribution in [1.82, 2.24) is 0 Å². The molecule has 0 aliphatic heterocycles. The van der Waals surface area contributed by atoms with Gasteiger partial charge in [-0.3, -0.25) is 4.79 Å². The first-order valence-electron chi connectivity index (χ1n) is 4.96. The zero-order chi connectivity index (χ0) is 12.3. The van der Waals surface area contributed by atoms with Gasteiger partial charge in [-0.15, -0.1) is 0 Å². The molecule has 0 bridgehead atoms. The third-order valence-electron chi connectivity index (χ3n) is 2.24. The summed E-state index contributed by atoms with van der Waals surface area (Å²) in [6.45, 7) is 3.74. The number of carbonyl (C=O) groups is 1. The number of hydrogen-bond donors (Lipinski definition) is 3. The zero-order valence-corrected chi connectivity index (χ0v) is 9.95. The molecule has 1 rings (SSSR count). The highest BCUT2D eigenvalue weighted by atomic mass is 35.5. The summed E-state index contributed by atoms with van der Waals surface area (Å²) < 4.78 is 0. The first-order valence-corrected chi connectivity index (χ1v) is 5.34. The highest BCUT2D eigenvalue weighted by molar-refractivity contribution is 6.32. The molecule has 88 valence electrons. The standard InChI is InChI=1S/C11H15ClN2O2/c1-6(2)10(13)11(16)14-7-3-4-9(15)8(12)5-7/h3-6,10,15H,13H2,1-2H3,(H,14,16). The molecular weight excluding hydrogens is 228 g/mol. The van der Waals surface area contributed by atoms with Crippen LogP contribution < -0.4 is 11.1 Å². The lowest BCUT2D eigenvalue weighted by Gasteiger charge is -2.15. The minimum absolute atomic E-state index is 0.0205. The number of anilines is 1. The molecule has 4 N–H and O–H groups in total. The minimum atomic E-state index is -0.562. The number of rotatable bonds is 3. The molecule has 0 fully saturated rings. The average molecular weight is 243 g/mol. The lowest BCUT2D eigenvalue weighted by Crippen LogP contribution is -2.39. The first kappa shape index (κ1) is 12.8. The van der Waals surface area contributed by atoms with Gasteiger partial charge in [-0.1, -0.05) is 25.4 Å². The van der Waals surface area contributed by atoms with E-state index in [0.29, 0.717) is 5.69 Å². The van der Waals surface area contributed by atoms with Crippen LogP contribution in [0.15, 0.2) is 18.2 Å². The maximum Gasteiger partial charge on any atom is 0.241 e. The van der Waals surface area contributed by atoms with E-state index in [0.717, 1.165) is 0 Å². The van der Waals surface area contributed by atoms with Crippen LogP contribution in [0.25, 0.3) is 0 Å². The highest BCUT2D eigenvalue weighted by Crippen LogP contribution is 2.26. The molecule has 16 heavy (non-hydrogen) atoms. The summed E-state index contributed by atoms with van der Waals surface area (Å²) in [6.07, 6.45) is 0. The van der Waals surface area contributed by atoms with Crippen molar-refractivity contribution in [2.24, 2.45) is 11.7 Å². The quantitative estimate of drug-likeness (QED) is 0.710. The lowest BCUT2D eigenvalue weighted by molar-refractivity contribution is -0.118. The van der Waals surface area contributed by atoms with Crippen molar-refractivity contribution in [1.29, 1.82) is 0 Å². The molecule has 5 heteroatoms. The number of phenols is 1. The summed E-state index contributed by atoms with van der Waals surface area (Å²) >= 11 is 5.71. The molecule has 1 amide bonds. The van der Waals surface area contributed by atoms with Gasteiger partial charge in [0.25, 0.3) is 0 Å². The maximum atomic E-state index is 11.6. The molecule has 1 aromatic carbocycles. The Labute approximate surface area is 99.4 Å². The highest BCUT2D eigenvalue weighted by Gasteiger charge is 2.17. The monoisotopic (exact) mass is 242 g/mol. The molecule has 0 aliphatic rings. The maximum absolute atomic E-state index is 11.6. The first-order chi connectivity index (χ1) is 7.41. The molecule has 0 saturated heterocycles. The number of halogens is 1. The van der Waals surface area contributed by atoms with E-state index in [1.165, 1.54) is 12.1 Å². The van der Waals surface area contributed by atoms with Gasteiger partial charge in [0.05, 0.1) is 11.1 Å². The Morgan fingerprint density at radius 2 is 2.12 bits per heavy atom. The molecule has 1 aromatic rings. The van der Waals surface area contributed by atoms with Crippen LogP contribution in [0.5, 0.6) is 5.75 Å². The van der Waals surface area contributed by atoms with Gasteiger partial charge in [0.15, 0.2) is 0 Å². The Morgan fingerprint density at radius 1 is 1.50 bits per heavy atom. The van der Waals surface area contributed by atoms with Crippen LogP contribution in [0.2, 0.25) is 5.02 Å². The summed E-state index contributed by atoms with van der Waals surface area (Å²) in [4.78, 5) is 11.6. The minimum Gasteiger partial charge on any atom is -0.506 e. The molecule has 1 unspecified atom stereocenters. The Morgan fingerprint density at radius 3 is 2.62 bits per heavy atom. The third-order valence-corrected chi connectivity index (χ3v) is 2.54. The van der Waals surface area contributed by atoms with E-state index in [1.54, 1.807) is 6.07 Å². The Kier molecular flexibility index (Phi) is 4.15. The average Bonchev–Trinajstić information content (AvgIpc) is 2.22. The van der Waals surface area contributed by atoms with Gasteiger partial charge in [0.2, 0.25) is 5.91 Å². The second-order valence-corrected chi connectivity index (χ2v) is 4.33. The van der Waals surface area contributed by atoms with Crippen molar-refractivity contribution in [3.8, 4) is 5.75 Å². The SMILES string of the molecule is CC(C)C(N)C(=O)Nc1ccc(O)c(Cl)c1. The van der Waals surface area contributed by atoms with E-state index in [2.05, 4.69) is 5.32 Å². The summed E-state index contributed by atoms with van der Waals surface area (Å²) in [7, 11) is 0. The molecule has 0 aliphatic carbocycles. The molecular formula is C11H15ClN2O2. The van der Waals surface area contributed by atoms with Crippen LogP contribution >= 0.6 is 11.6 Å². The van der Waals surface area contributed by atoms with Crippen LogP contribution in [-0.4, -0.2) is 17.1 Å². The van der Waals surface area contributed by atoms with Crippen LogP contribution in [0.3, 0.4) is 0 Å². The molecule has 0 saturated carbocycles. The number of aromatic hydroxyl groups is 1. The van der Waals surface area contributed by atoms with Gasteiger partial charge < -0.3 is 16.2 Å². The van der Waals surface area contributed by atoms with Gasteiger partial charge in [0, 0.05) is 5.69 Å². The number of amides is 1. The Balaban J connectivity index is 2.74. The largest absolute Gasteiger partial charge is 0.506 e. The van der Waals surface area contributed by atoms with Crippen LogP contribution in [0.1, 0.15) is 13.8 Å². The van der Waals surface area contributed by atoms with Gasteiger partial charge >= 0.3 is 0 Å². The normalized spacial score (nSPS) is 12.6. The Bertz CT molecular complexity index is 394. The van der Waals surface area contributed by atoms with Gasteiger partial charge in [-0.05, 0) is 24.1 Å². The molecule has 0 aromatic heterocycles. The summed E-state index contributed by atoms with van der Waals surface area (Å²) in [6, 6.07) is 3.89. The molecule has 0 radical (unpaired) electrons. The van der Waals surface area contributed by atoms with E-state index < -0.39 is 6.04 Å². The zero-order valence-electron chi connectivity index (χ0n) is 9.20. The number of nitrogens with two attached hydrogens (primary N) is 1. The molecule has 4 nitrogen and oxygen atoms in total. The summed E-state index contributed by atoms with van der Waals surface area (Å²) in [5, 5.41) is 12.0. The smallest absolute Gasteiger partial charge is 0.241 e. The van der Waals surface area contributed by atoms with Crippen molar-refractivity contribution in [3.05, 3.63) is 23.2 Å². The molecule has 0 spiro atoms. The third kappa shape index (κ3) is 3.12. The lowest BCUT2D eigenvalue weighted by atomic mass is 10.1. The van der Waals surface area contributed by atoms with Crippen molar-refractivity contribution < 1.29 is 9.90 Å². The van der Waals surface area contributed by atoms with E-state index in [-0.39, 0.29) is 22.6 Å². The summed E-state index contributed by atoms with van der Waals surface area (Å²) in [5.74, 6) is -0.225. The number of benzene rings is 1. The predicted molar refractivity (Wildman–Crippen MR) is 64.6 cm³/mol. The van der Waals surface area contributed by atoms with E-state index in [9.17, 15) is 9.90 Å². The number of nitrogens with one attached hydrogen (secondary N) is 1. The molecule has 0 heterocycles. The summed E-state index contributed by atoms with van der Waals surface area (Å²) in [5.41, 5.74) is 6.20. The number of hydrogen-bond acceptors (Lipinski definition) is 3. The predicted octanol–water partition coefficient (Wildman–Crippen LogP) is 1.97. The van der Waals surface area contributed by atoms with Gasteiger partial charge in [-0.2, -0.15) is 0 Å². The topological polar surface area (TPSA) is 75.4 Å². The van der Waals surface area contributed by atoms with E-state index >= 15 is 0 Å². The van der Waals surface area contributed by atoms with Crippen LogP contribution in [0.4, 0.5) is 5.69 Å². The van der Waals surface area contributed by atoms with Crippen molar-refractivity contribution in [2.75, 3.05) is 5.32 Å². The Hall–Kier alpha value is -1.26. The second-order valence-electron chi connectivity index (χ2n) is 3.93. The fraction of sp³-hybridized carbons (Fsp3) is 0.364. The number of carbonyl (C=O) groups excluding carboxylic acids is 1. The number of phenolic OH excluding ortho intramolecular Hbond substituents is 1. The van der Waals surface area contributed by atoms with Gasteiger partial charge in [-0.25, -0.2) is 0 Å². The second kappa shape index (κ2) is 5.18. The van der Waals surface area contributed by atoms with Crippen molar-refractivity contribution >= 4 is 23.2 Å². The molecule has 1 atom stereocenters. The van der Waals surface area contributed by atoms with Crippen molar-refractivity contribution in [3.63, 3.8) is 0 Å². The van der Waals surface area contributed by atoms with E-state index in [1.807, 2.05) is 13.8 Å². The van der Waals surface area contributed by atoms with Crippen LogP contribution in [0, 0.1) is 5.92 Å². The van der Waals surface area contributed by atoms with Crippen molar-refractivity contribution in [2.45, 2.75) is 19.9 Å². The van der Waals surface area contributed by atoms with Gasteiger partial charge in [0.1, 0.15) is 5.75 Å². The fourth-order valence-corrected chi connectivity index (χ4v) is 1.29.